The lowest BCUT2D eigenvalue weighted by Gasteiger charge is -2.07. The molecule has 1 aromatic heterocycles. The van der Waals surface area contributed by atoms with Gasteiger partial charge in [-0.1, -0.05) is 6.07 Å². The number of anilines is 1. The van der Waals surface area contributed by atoms with Crippen molar-refractivity contribution in [2.45, 2.75) is 6.61 Å². The molecule has 0 fully saturated rings. The van der Waals surface area contributed by atoms with Crippen LogP contribution in [0.1, 0.15) is 10.4 Å². The summed E-state index contributed by atoms with van der Waals surface area (Å²) in [7, 11) is 0. The van der Waals surface area contributed by atoms with E-state index in [1.165, 1.54) is 30.3 Å². The number of halogens is 3. The first-order valence-electron chi connectivity index (χ1n) is 5.52. The summed E-state index contributed by atoms with van der Waals surface area (Å²) in [4.78, 5) is 15.2. The number of ether oxygens (including phenoxy) is 1. The van der Waals surface area contributed by atoms with Crippen LogP contribution in [0.25, 0.3) is 0 Å². The van der Waals surface area contributed by atoms with E-state index in [1.54, 1.807) is 0 Å². The van der Waals surface area contributed by atoms with Crippen LogP contribution in [0.4, 0.5) is 18.9 Å². The first-order valence-corrected chi connectivity index (χ1v) is 5.52. The predicted molar refractivity (Wildman–Crippen MR) is 65.2 cm³/mol. The van der Waals surface area contributed by atoms with Gasteiger partial charge in [0, 0.05) is 5.56 Å². The summed E-state index contributed by atoms with van der Waals surface area (Å²) in [5.41, 5.74) is 0.420. The van der Waals surface area contributed by atoms with Gasteiger partial charge in [0.15, 0.2) is 0 Å². The van der Waals surface area contributed by atoms with E-state index in [-0.39, 0.29) is 17.0 Å². The molecule has 0 atom stereocenters. The molecule has 7 heteroatoms. The zero-order valence-electron chi connectivity index (χ0n) is 10.0. The van der Waals surface area contributed by atoms with Crippen LogP contribution in [-0.4, -0.2) is 17.5 Å². The van der Waals surface area contributed by atoms with Crippen LogP contribution in [0.5, 0.6) is 5.75 Å². The summed E-state index contributed by atoms with van der Waals surface area (Å²) in [5.74, 6) is -1.33. The standard InChI is InChI=1S/C13H9F3N2O2/c14-11-5-4-9(7-17-11)18-12(19)8-2-1-3-10(6-8)20-13(15)16/h1-7,13H,(H,18,19). The smallest absolute Gasteiger partial charge is 0.387 e. The quantitative estimate of drug-likeness (QED) is 0.877. The van der Waals surface area contributed by atoms with Crippen molar-refractivity contribution in [1.29, 1.82) is 0 Å². The van der Waals surface area contributed by atoms with Crippen molar-refractivity contribution in [3.8, 4) is 5.75 Å². The molecule has 0 aliphatic heterocycles. The molecular weight excluding hydrogens is 273 g/mol. The number of benzene rings is 1. The summed E-state index contributed by atoms with van der Waals surface area (Å²) < 4.78 is 40.9. The molecular formula is C13H9F3N2O2. The minimum absolute atomic E-state index is 0.120. The Morgan fingerprint density at radius 1 is 1.25 bits per heavy atom. The Kier molecular flexibility index (Phi) is 4.19. The Balaban J connectivity index is 2.10. The molecule has 2 aromatic rings. The molecule has 1 heterocycles. The van der Waals surface area contributed by atoms with Gasteiger partial charge in [-0.3, -0.25) is 4.79 Å². The molecule has 0 radical (unpaired) electrons. The number of carbonyl (C=O) groups excluding carboxylic acids is 1. The van der Waals surface area contributed by atoms with Gasteiger partial charge < -0.3 is 10.1 Å². The first-order chi connectivity index (χ1) is 9.54. The Labute approximate surface area is 112 Å². The normalized spacial score (nSPS) is 10.4. The topological polar surface area (TPSA) is 51.2 Å². The summed E-state index contributed by atoms with van der Waals surface area (Å²) in [6.07, 6.45) is 1.15. The minimum Gasteiger partial charge on any atom is -0.435 e. The third-order valence-corrected chi connectivity index (χ3v) is 2.31. The number of nitrogens with zero attached hydrogens (tertiary/aromatic N) is 1. The Hall–Kier alpha value is -2.57. The van der Waals surface area contributed by atoms with Gasteiger partial charge in [-0.25, -0.2) is 4.98 Å². The number of rotatable bonds is 4. The Morgan fingerprint density at radius 2 is 2.05 bits per heavy atom. The molecule has 1 N–H and O–H groups in total. The molecule has 1 aromatic carbocycles. The summed E-state index contributed by atoms with van der Waals surface area (Å²) in [6.45, 7) is -2.96. The summed E-state index contributed by atoms with van der Waals surface area (Å²) in [6, 6.07) is 7.76. The number of amides is 1. The highest BCUT2D eigenvalue weighted by atomic mass is 19.3. The largest absolute Gasteiger partial charge is 0.435 e. The molecule has 0 unspecified atom stereocenters. The van der Waals surface area contributed by atoms with Crippen LogP contribution in [0.3, 0.4) is 0 Å². The number of pyridine rings is 1. The Morgan fingerprint density at radius 3 is 2.70 bits per heavy atom. The van der Waals surface area contributed by atoms with Crippen molar-refractivity contribution in [2.75, 3.05) is 5.32 Å². The van der Waals surface area contributed by atoms with Crippen LogP contribution < -0.4 is 10.1 Å². The molecule has 4 nitrogen and oxygen atoms in total. The van der Waals surface area contributed by atoms with E-state index in [9.17, 15) is 18.0 Å². The lowest BCUT2D eigenvalue weighted by molar-refractivity contribution is -0.0498. The maximum atomic E-state index is 12.6. The van der Waals surface area contributed by atoms with Crippen LogP contribution in [0.15, 0.2) is 42.6 Å². The molecule has 104 valence electrons. The summed E-state index contributed by atoms with van der Waals surface area (Å²) >= 11 is 0. The molecule has 0 saturated carbocycles. The van der Waals surface area contributed by atoms with Gasteiger partial charge >= 0.3 is 6.61 Å². The molecule has 20 heavy (non-hydrogen) atoms. The number of aromatic nitrogens is 1. The van der Waals surface area contributed by atoms with E-state index in [1.807, 2.05) is 0 Å². The molecule has 0 aliphatic carbocycles. The van der Waals surface area contributed by atoms with Gasteiger partial charge in [0.25, 0.3) is 5.91 Å². The van der Waals surface area contributed by atoms with Gasteiger partial charge in [-0.2, -0.15) is 13.2 Å². The molecule has 2 rings (SSSR count). The SMILES string of the molecule is O=C(Nc1ccc(F)nc1)c1cccc(OC(F)F)c1. The summed E-state index contributed by atoms with van der Waals surface area (Å²) in [5, 5.41) is 2.45. The second-order valence-electron chi connectivity index (χ2n) is 3.73. The van der Waals surface area contributed by atoms with Gasteiger partial charge in [-0.05, 0) is 30.3 Å². The predicted octanol–water partition coefficient (Wildman–Crippen LogP) is 3.07. The number of hydrogen-bond acceptors (Lipinski definition) is 3. The maximum absolute atomic E-state index is 12.6. The zero-order chi connectivity index (χ0) is 14.5. The Bertz CT molecular complexity index is 603. The van der Waals surface area contributed by atoms with Gasteiger partial charge in [0.1, 0.15) is 5.75 Å². The number of nitrogens with one attached hydrogen (secondary N) is 1. The molecule has 0 saturated heterocycles. The van der Waals surface area contributed by atoms with Crippen LogP contribution >= 0.6 is 0 Å². The number of carbonyl (C=O) groups is 1. The fraction of sp³-hybridized carbons (Fsp3) is 0.0769. The van der Waals surface area contributed by atoms with Gasteiger partial charge in [-0.15, -0.1) is 0 Å². The molecule has 0 bridgehead atoms. The fourth-order valence-corrected chi connectivity index (χ4v) is 1.47. The highest BCUT2D eigenvalue weighted by Crippen LogP contribution is 2.17. The third kappa shape index (κ3) is 3.71. The molecule has 0 spiro atoms. The van der Waals surface area contributed by atoms with Crippen LogP contribution in [0.2, 0.25) is 0 Å². The molecule has 0 aliphatic rings. The van der Waals surface area contributed by atoms with E-state index in [2.05, 4.69) is 15.0 Å². The highest BCUT2D eigenvalue weighted by Gasteiger charge is 2.10. The van der Waals surface area contributed by atoms with Crippen molar-refractivity contribution in [3.63, 3.8) is 0 Å². The van der Waals surface area contributed by atoms with Crippen molar-refractivity contribution >= 4 is 11.6 Å². The van der Waals surface area contributed by atoms with Crippen molar-refractivity contribution in [2.24, 2.45) is 0 Å². The first kappa shape index (κ1) is 13.9. The van der Waals surface area contributed by atoms with Gasteiger partial charge in [0.05, 0.1) is 11.9 Å². The third-order valence-electron chi connectivity index (χ3n) is 2.31. The van der Waals surface area contributed by atoms with E-state index in [0.29, 0.717) is 0 Å². The lowest BCUT2D eigenvalue weighted by Crippen LogP contribution is -2.12. The van der Waals surface area contributed by atoms with E-state index < -0.39 is 18.5 Å². The maximum Gasteiger partial charge on any atom is 0.387 e. The minimum atomic E-state index is -2.96. The van der Waals surface area contributed by atoms with Crippen LogP contribution in [-0.2, 0) is 0 Å². The second kappa shape index (κ2) is 6.05. The highest BCUT2D eigenvalue weighted by molar-refractivity contribution is 6.04. The fourth-order valence-electron chi connectivity index (χ4n) is 1.47. The zero-order valence-corrected chi connectivity index (χ0v) is 10.0. The second-order valence-corrected chi connectivity index (χ2v) is 3.73. The van der Waals surface area contributed by atoms with Crippen LogP contribution in [0, 0.1) is 5.95 Å². The van der Waals surface area contributed by atoms with E-state index in [4.69, 9.17) is 0 Å². The van der Waals surface area contributed by atoms with Crippen molar-refractivity contribution < 1.29 is 22.7 Å². The monoisotopic (exact) mass is 282 g/mol. The van der Waals surface area contributed by atoms with Crippen molar-refractivity contribution in [3.05, 3.63) is 54.1 Å². The number of alkyl halides is 2. The average Bonchev–Trinajstić information content (AvgIpc) is 2.41. The van der Waals surface area contributed by atoms with Gasteiger partial charge in [0.2, 0.25) is 5.95 Å². The average molecular weight is 282 g/mol. The number of hydrogen-bond donors (Lipinski definition) is 1. The van der Waals surface area contributed by atoms with E-state index >= 15 is 0 Å². The molecule has 1 amide bonds. The van der Waals surface area contributed by atoms with E-state index in [0.717, 1.165) is 12.3 Å². The van der Waals surface area contributed by atoms with Crippen molar-refractivity contribution in [1.82, 2.24) is 4.98 Å². The lowest BCUT2D eigenvalue weighted by atomic mass is 10.2.